The Kier molecular flexibility index (Phi) is 3.20. The minimum Gasteiger partial charge on any atom is -0.383 e. The number of rotatable bonds is 3. The summed E-state index contributed by atoms with van der Waals surface area (Å²) < 4.78 is 0. The van der Waals surface area contributed by atoms with Gasteiger partial charge in [-0.1, -0.05) is 24.6 Å². The summed E-state index contributed by atoms with van der Waals surface area (Å²) in [6, 6.07) is 1.99. The number of fused-ring (bicyclic) bond motifs is 1. The van der Waals surface area contributed by atoms with Crippen molar-refractivity contribution in [1.29, 1.82) is 0 Å². The van der Waals surface area contributed by atoms with E-state index in [1.807, 2.05) is 11.4 Å². The molecule has 0 atom stereocenters. The molecular formula is C12H15N3S2. The molecule has 0 saturated heterocycles. The second kappa shape index (κ2) is 4.82. The summed E-state index contributed by atoms with van der Waals surface area (Å²) in [5.41, 5.74) is 5.93. The molecule has 1 fully saturated rings. The lowest BCUT2D eigenvalue weighted by Crippen LogP contribution is -2.00. The van der Waals surface area contributed by atoms with Crippen LogP contribution in [0.2, 0.25) is 0 Å². The number of nitrogens with two attached hydrogens (primary N) is 1. The highest BCUT2D eigenvalue weighted by Crippen LogP contribution is 2.31. The Morgan fingerprint density at radius 3 is 3.00 bits per heavy atom. The molecule has 2 aromatic rings. The van der Waals surface area contributed by atoms with Crippen molar-refractivity contribution < 1.29 is 0 Å². The summed E-state index contributed by atoms with van der Waals surface area (Å²) >= 11 is 3.38. The number of nitrogens with zero attached hydrogens (tertiary/aromatic N) is 2. The van der Waals surface area contributed by atoms with Gasteiger partial charge in [0.05, 0.1) is 5.39 Å². The summed E-state index contributed by atoms with van der Waals surface area (Å²) in [4.78, 5) is 9.92. The van der Waals surface area contributed by atoms with Crippen LogP contribution in [0.15, 0.2) is 16.6 Å². The van der Waals surface area contributed by atoms with E-state index < -0.39 is 0 Å². The minimum absolute atomic E-state index is 0.616. The standard InChI is InChI=1S/C12H15N3S2/c13-10-9-5-6-16-11(9)15-12(14-10)17-7-8-3-1-2-4-8/h5-6,8H,1-4,7H2,(H2,13,14,15). The fourth-order valence-corrected chi connectivity index (χ4v) is 4.16. The maximum Gasteiger partial charge on any atom is 0.190 e. The number of hydrogen-bond acceptors (Lipinski definition) is 5. The SMILES string of the molecule is Nc1nc(SCC2CCCC2)nc2sccc12. The molecule has 0 aromatic carbocycles. The van der Waals surface area contributed by atoms with E-state index in [-0.39, 0.29) is 0 Å². The molecule has 2 heterocycles. The average molecular weight is 265 g/mol. The van der Waals surface area contributed by atoms with Gasteiger partial charge >= 0.3 is 0 Å². The Labute approximate surface area is 109 Å². The van der Waals surface area contributed by atoms with Crippen LogP contribution in [0.5, 0.6) is 0 Å². The predicted octanol–water partition coefficient (Wildman–Crippen LogP) is 3.56. The van der Waals surface area contributed by atoms with E-state index in [1.54, 1.807) is 23.1 Å². The van der Waals surface area contributed by atoms with Gasteiger partial charge in [0.1, 0.15) is 10.6 Å². The van der Waals surface area contributed by atoms with Crippen LogP contribution in [0.4, 0.5) is 5.82 Å². The molecule has 1 saturated carbocycles. The lowest BCUT2D eigenvalue weighted by atomic mass is 10.1. The average Bonchev–Trinajstić information content (AvgIpc) is 2.97. The predicted molar refractivity (Wildman–Crippen MR) is 74.5 cm³/mol. The Bertz CT molecular complexity index is 517. The minimum atomic E-state index is 0.616. The fourth-order valence-electron chi connectivity index (χ4n) is 2.29. The van der Waals surface area contributed by atoms with E-state index in [1.165, 1.54) is 25.7 Å². The van der Waals surface area contributed by atoms with Crippen molar-refractivity contribution in [2.24, 2.45) is 5.92 Å². The lowest BCUT2D eigenvalue weighted by Gasteiger charge is -2.07. The van der Waals surface area contributed by atoms with Crippen molar-refractivity contribution in [1.82, 2.24) is 9.97 Å². The van der Waals surface area contributed by atoms with Crippen LogP contribution >= 0.6 is 23.1 Å². The number of nitrogen functional groups attached to an aromatic ring is 1. The molecule has 1 aliphatic carbocycles. The molecule has 3 nitrogen and oxygen atoms in total. The first-order chi connectivity index (χ1) is 8.33. The van der Waals surface area contributed by atoms with Gasteiger partial charge in [-0.3, -0.25) is 0 Å². The van der Waals surface area contributed by atoms with E-state index in [4.69, 9.17) is 5.73 Å². The summed E-state index contributed by atoms with van der Waals surface area (Å²) in [6.45, 7) is 0. The normalized spacial score (nSPS) is 16.9. The van der Waals surface area contributed by atoms with E-state index in [2.05, 4.69) is 9.97 Å². The highest BCUT2D eigenvalue weighted by atomic mass is 32.2. The number of hydrogen-bond donors (Lipinski definition) is 1. The van der Waals surface area contributed by atoms with E-state index in [0.29, 0.717) is 5.82 Å². The molecule has 0 amide bonds. The highest BCUT2D eigenvalue weighted by Gasteiger charge is 2.16. The molecule has 0 radical (unpaired) electrons. The highest BCUT2D eigenvalue weighted by molar-refractivity contribution is 7.99. The maximum absolute atomic E-state index is 5.93. The zero-order valence-corrected chi connectivity index (χ0v) is 11.2. The quantitative estimate of drug-likeness (QED) is 0.681. The number of thioether (sulfide) groups is 1. The smallest absolute Gasteiger partial charge is 0.190 e. The molecule has 17 heavy (non-hydrogen) atoms. The fraction of sp³-hybridized carbons (Fsp3) is 0.500. The van der Waals surface area contributed by atoms with E-state index in [9.17, 15) is 0 Å². The molecule has 0 aliphatic heterocycles. The largest absolute Gasteiger partial charge is 0.383 e. The first kappa shape index (κ1) is 11.3. The van der Waals surface area contributed by atoms with Crippen molar-refractivity contribution in [2.45, 2.75) is 30.8 Å². The Balaban J connectivity index is 1.75. The van der Waals surface area contributed by atoms with Crippen LogP contribution in [-0.4, -0.2) is 15.7 Å². The Hall–Kier alpha value is -0.810. The maximum atomic E-state index is 5.93. The van der Waals surface area contributed by atoms with Gasteiger partial charge in [-0.15, -0.1) is 11.3 Å². The second-order valence-electron chi connectivity index (χ2n) is 4.49. The molecule has 90 valence electrons. The molecule has 1 aliphatic rings. The van der Waals surface area contributed by atoms with Crippen molar-refractivity contribution >= 4 is 39.1 Å². The number of thiophene rings is 1. The summed E-state index contributed by atoms with van der Waals surface area (Å²) in [6.07, 6.45) is 5.50. The Morgan fingerprint density at radius 1 is 1.35 bits per heavy atom. The first-order valence-corrected chi connectivity index (χ1v) is 7.83. The lowest BCUT2D eigenvalue weighted by molar-refractivity contribution is 0.622. The van der Waals surface area contributed by atoms with Gasteiger partial charge < -0.3 is 5.73 Å². The van der Waals surface area contributed by atoms with Gasteiger partial charge in [0, 0.05) is 5.75 Å². The zero-order chi connectivity index (χ0) is 11.7. The van der Waals surface area contributed by atoms with Gasteiger partial charge in [0.2, 0.25) is 0 Å². The third-order valence-electron chi connectivity index (χ3n) is 3.26. The topological polar surface area (TPSA) is 51.8 Å². The van der Waals surface area contributed by atoms with Crippen LogP contribution < -0.4 is 5.73 Å². The van der Waals surface area contributed by atoms with Crippen molar-refractivity contribution in [3.05, 3.63) is 11.4 Å². The molecule has 0 bridgehead atoms. The van der Waals surface area contributed by atoms with Crippen LogP contribution in [0.3, 0.4) is 0 Å². The summed E-state index contributed by atoms with van der Waals surface area (Å²) in [7, 11) is 0. The van der Waals surface area contributed by atoms with E-state index >= 15 is 0 Å². The molecule has 5 heteroatoms. The van der Waals surface area contributed by atoms with Crippen LogP contribution in [0.25, 0.3) is 10.2 Å². The third-order valence-corrected chi connectivity index (χ3v) is 5.14. The van der Waals surface area contributed by atoms with Crippen LogP contribution in [0.1, 0.15) is 25.7 Å². The molecule has 0 unspecified atom stereocenters. The van der Waals surface area contributed by atoms with Crippen LogP contribution in [-0.2, 0) is 0 Å². The molecule has 2 N–H and O–H groups in total. The van der Waals surface area contributed by atoms with Crippen LogP contribution in [0, 0.1) is 5.92 Å². The summed E-state index contributed by atoms with van der Waals surface area (Å²) in [5.74, 6) is 2.60. The number of anilines is 1. The third kappa shape index (κ3) is 2.40. The van der Waals surface area contributed by atoms with Gasteiger partial charge in [-0.05, 0) is 30.2 Å². The molecule has 3 rings (SSSR count). The Morgan fingerprint density at radius 2 is 2.18 bits per heavy atom. The molecule has 2 aromatic heterocycles. The van der Waals surface area contributed by atoms with Crippen molar-refractivity contribution in [2.75, 3.05) is 11.5 Å². The van der Waals surface area contributed by atoms with Gasteiger partial charge in [0.15, 0.2) is 5.16 Å². The van der Waals surface area contributed by atoms with Gasteiger partial charge in [-0.25, -0.2) is 9.97 Å². The van der Waals surface area contributed by atoms with E-state index in [0.717, 1.165) is 27.0 Å². The first-order valence-electron chi connectivity index (χ1n) is 5.96. The number of aromatic nitrogens is 2. The molecule has 0 spiro atoms. The second-order valence-corrected chi connectivity index (χ2v) is 6.37. The summed E-state index contributed by atoms with van der Waals surface area (Å²) in [5, 5.41) is 3.84. The zero-order valence-electron chi connectivity index (χ0n) is 9.56. The van der Waals surface area contributed by atoms with Gasteiger partial charge in [0.25, 0.3) is 0 Å². The monoisotopic (exact) mass is 265 g/mol. The van der Waals surface area contributed by atoms with Crippen molar-refractivity contribution in [3.63, 3.8) is 0 Å². The molecular weight excluding hydrogens is 250 g/mol. The van der Waals surface area contributed by atoms with Crippen molar-refractivity contribution in [3.8, 4) is 0 Å². The van der Waals surface area contributed by atoms with Gasteiger partial charge in [-0.2, -0.15) is 0 Å².